The summed E-state index contributed by atoms with van der Waals surface area (Å²) < 4.78 is 11.4. The van der Waals surface area contributed by atoms with Crippen molar-refractivity contribution >= 4 is 0 Å². The number of rotatable bonds is 3. The molecular formula is C19H20O3. The minimum atomic E-state index is -0.136. The summed E-state index contributed by atoms with van der Waals surface area (Å²) in [6, 6.07) is 15.1. The number of hydrogen-bond acceptors (Lipinski definition) is 3. The van der Waals surface area contributed by atoms with E-state index in [0.717, 1.165) is 22.4 Å². The maximum Gasteiger partial charge on any atom is 0.118 e. The van der Waals surface area contributed by atoms with Crippen LogP contribution in [0.2, 0.25) is 0 Å². The Balaban J connectivity index is 1.85. The van der Waals surface area contributed by atoms with Crippen molar-refractivity contribution in [1.29, 1.82) is 0 Å². The molecule has 1 heterocycles. The third-order valence-electron chi connectivity index (χ3n) is 4.30. The van der Waals surface area contributed by atoms with Gasteiger partial charge in [0.05, 0.1) is 13.2 Å². The summed E-state index contributed by atoms with van der Waals surface area (Å²) in [7, 11) is 1.66. The van der Waals surface area contributed by atoms with Crippen LogP contribution < -0.4 is 4.74 Å². The number of hydrogen-bond donors (Lipinski definition) is 1. The molecule has 0 bridgehead atoms. The number of methoxy groups -OCH3 is 1. The molecular weight excluding hydrogens is 276 g/mol. The SMILES string of the molecule is C=C1[C@@H](c2ccc(O)cc2)O[C@@H](c2ccc(OC)cc2)[C@H]1C. The van der Waals surface area contributed by atoms with E-state index in [-0.39, 0.29) is 23.9 Å². The van der Waals surface area contributed by atoms with Gasteiger partial charge in [0.1, 0.15) is 17.6 Å². The number of phenols is 1. The standard InChI is InChI=1S/C19H20O3/c1-12-13(2)19(15-6-10-17(21-3)11-7-15)22-18(12)14-4-8-16(20)9-5-14/h4-11,13,18-20H,1H2,2-3H3/t13-,18-,19+/m0/s1. The Hall–Kier alpha value is -2.26. The van der Waals surface area contributed by atoms with Crippen LogP contribution in [-0.4, -0.2) is 12.2 Å². The Kier molecular flexibility index (Phi) is 3.90. The Morgan fingerprint density at radius 3 is 2.18 bits per heavy atom. The lowest BCUT2D eigenvalue weighted by Crippen LogP contribution is -2.04. The molecule has 0 aromatic heterocycles. The van der Waals surface area contributed by atoms with Gasteiger partial charge in [-0.25, -0.2) is 0 Å². The van der Waals surface area contributed by atoms with Crippen LogP contribution >= 0.6 is 0 Å². The summed E-state index contributed by atoms with van der Waals surface area (Å²) in [5.41, 5.74) is 3.20. The van der Waals surface area contributed by atoms with E-state index in [4.69, 9.17) is 9.47 Å². The zero-order valence-electron chi connectivity index (χ0n) is 12.8. The largest absolute Gasteiger partial charge is 0.508 e. The maximum atomic E-state index is 9.42. The molecule has 1 saturated heterocycles. The molecule has 0 aliphatic carbocycles. The fourth-order valence-electron chi connectivity index (χ4n) is 2.89. The minimum absolute atomic E-state index is 0.0165. The summed E-state index contributed by atoms with van der Waals surface area (Å²) in [6.45, 7) is 6.35. The summed E-state index contributed by atoms with van der Waals surface area (Å²) in [5, 5.41) is 9.42. The van der Waals surface area contributed by atoms with Crippen molar-refractivity contribution in [2.75, 3.05) is 7.11 Å². The molecule has 3 heteroatoms. The summed E-state index contributed by atoms with van der Waals surface area (Å²) in [5.74, 6) is 1.32. The quantitative estimate of drug-likeness (QED) is 0.853. The van der Waals surface area contributed by atoms with E-state index in [1.807, 2.05) is 36.4 Å². The molecule has 114 valence electrons. The third-order valence-corrected chi connectivity index (χ3v) is 4.30. The second-order valence-corrected chi connectivity index (χ2v) is 5.67. The van der Waals surface area contributed by atoms with Gasteiger partial charge >= 0.3 is 0 Å². The predicted molar refractivity (Wildman–Crippen MR) is 86.0 cm³/mol. The number of aromatic hydroxyl groups is 1. The number of phenolic OH excluding ortho intramolecular Hbond substituents is 1. The van der Waals surface area contributed by atoms with Crippen molar-refractivity contribution in [3.8, 4) is 11.5 Å². The van der Waals surface area contributed by atoms with Gasteiger partial charge in [0.25, 0.3) is 0 Å². The van der Waals surface area contributed by atoms with Gasteiger partial charge < -0.3 is 14.6 Å². The Morgan fingerprint density at radius 1 is 1.00 bits per heavy atom. The van der Waals surface area contributed by atoms with Crippen LogP contribution in [-0.2, 0) is 4.74 Å². The van der Waals surface area contributed by atoms with Gasteiger partial charge in [-0.1, -0.05) is 37.8 Å². The van der Waals surface area contributed by atoms with Crippen molar-refractivity contribution in [1.82, 2.24) is 0 Å². The lowest BCUT2D eigenvalue weighted by molar-refractivity contribution is 0.0389. The van der Waals surface area contributed by atoms with Crippen LogP contribution in [0.15, 0.2) is 60.7 Å². The molecule has 0 spiro atoms. The first-order valence-electron chi connectivity index (χ1n) is 7.37. The molecule has 3 atom stereocenters. The van der Waals surface area contributed by atoms with E-state index in [0.29, 0.717) is 0 Å². The topological polar surface area (TPSA) is 38.7 Å². The van der Waals surface area contributed by atoms with Crippen LogP contribution in [0, 0.1) is 5.92 Å². The van der Waals surface area contributed by atoms with E-state index in [9.17, 15) is 5.11 Å². The smallest absolute Gasteiger partial charge is 0.118 e. The lowest BCUT2D eigenvalue weighted by Gasteiger charge is -2.16. The van der Waals surface area contributed by atoms with Gasteiger partial charge in [-0.2, -0.15) is 0 Å². The molecule has 3 nitrogen and oxygen atoms in total. The highest BCUT2D eigenvalue weighted by molar-refractivity contribution is 5.36. The van der Waals surface area contributed by atoms with E-state index in [1.54, 1.807) is 19.2 Å². The average Bonchev–Trinajstić information content (AvgIpc) is 2.84. The molecule has 0 amide bonds. The molecule has 1 N–H and O–H groups in total. The molecule has 0 saturated carbocycles. The first-order chi connectivity index (χ1) is 10.6. The molecule has 1 aliphatic rings. The molecule has 22 heavy (non-hydrogen) atoms. The van der Waals surface area contributed by atoms with Gasteiger partial charge in [-0.15, -0.1) is 0 Å². The average molecular weight is 296 g/mol. The highest BCUT2D eigenvalue weighted by atomic mass is 16.5. The van der Waals surface area contributed by atoms with E-state index in [2.05, 4.69) is 13.5 Å². The first-order valence-corrected chi connectivity index (χ1v) is 7.37. The zero-order chi connectivity index (χ0) is 15.7. The van der Waals surface area contributed by atoms with Crippen molar-refractivity contribution in [2.24, 2.45) is 5.92 Å². The molecule has 2 aromatic rings. The fourth-order valence-corrected chi connectivity index (χ4v) is 2.89. The van der Waals surface area contributed by atoms with Crippen molar-refractivity contribution in [3.63, 3.8) is 0 Å². The fraction of sp³-hybridized carbons (Fsp3) is 0.263. The van der Waals surface area contributed by atoms with E-state index in [1.165, 1.54) is 0 Å². The first kappa shape index (κ1) is 14.7. The van der Waals surface area contributed by atoms with Gasteiger partial charge in [0.2, 0.25) is 0 Å². The number of benzene rings is 2. The van der Waals surface area contributed by atoms with Crippen molar-refractivity contribution in [3.05, 3.63) is 71.8 Å². The molecule has 0 radical (unpaired) electrons. The zero-order valence-corrected chi connectivity index (χ0v) is 12.8. The minimum Gasteiger partial charge on any atom is -0.508 e. The highest BCUT2D eigenvalue weighted by Gasteiger charge is 2.37. The second-order valence-electron chi connectivity index (χ2n) is 5.67. The maximum absolute atomic E-state index is 9.42. The van der Waals surface area contributed by atoms with Gasteiger partial charge in [0, 0.05) is 5.92 Å². The molecule has 0 unspecified atom stereocenters. The van der Waals surface area contributed by atoms with Crippen LogP contribution in [0.1, 0.15) is 30.3 Å². The Bertz CT molecular complexity index is 658. The van der Waals surface area contributed by atoms with Gasteiger partial charge in [-0.05, 0) is 41.0 Å². The second kappa shape index (κ2) is 5.85. The van der Waals surface area contributed by atoms with Gasteiger partial charge in [-0.3, -0.25) is 0 Å². The lowest BCUT2D eigenvalue weighted by atomic mass is 9.90. The predicted octanol–water partition coefficient (Wildman–Crippen LogP) is 4.41. The van der Waals surface area contributed by atoms with Gasteiger partial charge in [0.15, 0.2) is 0 Å². The molecule has 2 aromatic carbocycles. The normalized spacial score (nSPS) is 24.5. The summed E-state index contributed by atoms with van der Waals surface area (Å²) >= 11 is 0. The van der Waals surface area contributed by atoms with E-state index < -0.39 is 0 Å². The Labute approximate surface area is 130 Å². The van der Waals surface area contributed by atoms with Crippen molar-refractivity contribution in [2.45, 2.75) is 19.1 Å². The molecule has 1 aliphatic heterocycles. The molecule has 1 fully saturated rings. The van der Waals surface area contributed by atoms with Crippen LogP contribution in [0.3, 0.4) is 0 Å². The monoisotopic (exact) mass is 296 g/mol. The van der Waals surface area contributed by atoms with Crippen LogP contribution in [0.25, 0.3) is 0 Å². The Morgan fingerprint density at radius 2 is 1.59 bits per heavy atom. The number of ether oxygens (including phenoxy) is 2. The van der Waals surface area contributed by atoms with Crippen LogP contribution in [0.4, 0.5) is 0 Å². The van der Waals surface area contributed by atoms with Crippen molar-refractivity contribution < 1.29 is 14.6 Å². The highest BCUT2D eigenvalue weighted by Crippen LogP contribution is 2.48. The van der Waals surface area contributed by atoms with E-state index >= 15 is 0 Å². The summed E-state index contributed by atoms with van der Waals surface area (Å²) in [6.07, 6.45) is -0.153. The third kappa shape index (κ3) is 2.60. The van der Waals surface area contributed by atoms with Crippen LogP contribution in [0.5, 0.6) is 11.5 Å². The summed E-state index contributed by atoms with van der Waals surface area (Å²) in [4.78, 5) is 0. The molecule has 3 rings (SSSR count).